The van der Waals surface area contributed by atoms with Gasteiger partial charge in [0.25, 0.3) is 10.0 Å². The van der Waals surface area contributed by atoms with Crippen molar-refractivity contribution < 1.29 is 16.8 Å². The molecule has 0 aliphatic rings. The second kappa shape index (κ2) is 5.37. The molecule has 0 radical (unpaired) electrons. The maximum Gasteiger partial charge on any atom is 0.266 e. The van der Waals surface area contributed by atoms with Crippen LogP contribution in [0.1, 0.15) is 0 Å². The van der Waals surface area contributed by atoms with Crippen LogP contribution in [0.5, 0.6) is 0 Å². The molecule has 8 nitrogen and oxygen atoms in total. The lowest BCUT2D eigenvalue weighted by Gasteiger charge is -2.12. The topological polar surface area (TPSA) is 121 Å². The maximum atomic E-state index is 12.4. The van der Waals surface area contributed by atoms with E-state index in [2.05, 4.69) is 20.0 Å². The molecule has 0 amide bonds. The average molecular weight is 330 g/mol. The van der Waals surface area contributed by atoms with Crippen LogP contribution in [0.3, 0.4) is 0 Å². The summed E-state index contributed by atoms with van der Waals surface area (Å²) in [6.45, 7) is 0. The zero-order valence-corrected chi connectivity index (χ0v) is 12.9. The fourth-order valence-corrected chi connectivity index (χ4v) is 3.61. The van der Waals surface area contributed by atoms with Gasteiger partial charge in [-0.25, -0.2) is 26.5 Å². The van der Waals surface area contributed by atoms with Crippen LogP contribution < -0.4 is 10.0 Å². The van der Waals surface area contributed by atoms with E-state index in [9.17, 15) is 16.8 Å². The minimum absolute atomic E-state index is 0.0433. The minimum atomic E-state index is -3.98. The first kappa shape index (κ1) is 15.3. The molecule has 114 valence electrons. The Bertz CT molecular complexity index is 842. The summed E-state index contributed by atoms with van der Waals surface area (Å²) in [4.78, 5) is 6.12. The monoisotopic (exact) mass is 330 g/mol. The number of rotatable bonds is 5. The molecule has 0 bridgehead atoms. The molecule has 1 heterocycles. The molecule has 10 heteroatoms. The highest BCUT2D eigenvalue weighted by Gasteiger charge is 2.22. The summed E-state index contributed by atoms with van der Waals surface area (Å²) >= 11 is 0. The molecule has 21 heavy (non-hydrogen) atoms. The van der Waals surface area contributed by atoms with Gasteiger partial charge in [-0.15, -0.1) is 0 Å². The van der Waals surface area contributed by atoms with Crippen LogP contribution in [0.25, 0.3) is 0 Å². The van der Waals surface area contributed by atoms with E-state index in [0.29, 0.717) is 0 Å². The van der Waals surface area contributed by atoms with E-state index in [-0.39, 0.29) is 21.4 Å². The average Bonchev–Trinajstić information content (AvgIpc) is 2.89. The molecular formula is C11H14N4O4S2. The molecule has 0 saturated heterocycles. The van der Waals surface area contributed by atoms with Gasteiger partial charge in [0.2, 0.25) is 5.95 Å². The molecule has 0 saturated carbocycles. The van der Waals surface area contributed by atoms with Gasteiger partial charge in [-0.1, -0.05) is 0 Å². The van der Waals surface area contributed by atoms with Crippen LogP contribution in [0.15, 0.2) is 40.4 Å². The Hall–Kier alpha value is -2.07. The third-order valence-electron chi connectivity index (χ3n) is 2.67. The molecule has 0 unspecified atom stereocenters. The molecule has 0 aliphatic carbocycles. The third kappa shape index (κ3) is 3.34. The van der Waals surface area contributed by atoms with Gasteiger partial charge in [0.15, 0.2) is 9.84 Å². The highest BCUT2D eigenvalue weighted by Crippen LogP contribution is 2.26. The third-order valence-corrected chi connectivity index (χ3v) is 5.16. The van der Waals surface area contributed by atoms with Crippen LogP contribution in [-0.2, 0) is 19.9 Å². The second-order valence-corrected chi connectivity index (χ2v) is 7.89. The molecule has 0 fully saturated rings. The molecule has 0 atom stereocenters. The van der Waals surface area contributed by atoms with Crippen molar-refractivity contribution in [2.24, 2.45) is 0 Å². The number of aromatic nitrogens is 2. The van der Waals surface area contributed by atoms with Gasteiger partial charge in [-0.2, -0.15) is 0 Å². The van der Waals surface area contributed by atoms with E-state index in [1.807, 2.05) is 0 Å². The Kier molecular flexibility index (Phi) is 3.92. The van der Waals surface area contributed by atoms with Crippen LogP contribution in [0, 0.1) is 0 Å². The lowest BCUT2D eigenvalue weighted by atomic mass is 10.3. The first-order valence-corrected chi connectivity index (χ1v) is 9.15. The van der Waals surface area contributed by atoms with Gasteiger partial charge in [0.05, 0.1) is 10.6 Å². The molecule has 2 aromatic rings. The zero-order valence-electron chi connectivity index (χ0n) is 11.3. The van der Waals surface area contributed by atoms with Crippen molar-refractivity contribution >= 4 is 31.5 Å². The normalized spacial score (nSPS) is 12.1. The first-order valence-electron chi connectivity index (χ1n) is 5.78. The van der Waals surface area contributed by atoms with E-state index in [1.54, 1.807) is 7.05 Å². The van der Waals surface area contributed by atoms with Crippen molar-refractivity contribution in [3.05, 3.63) is 30.6 Å². The molecular weight excluding hydrogens is 316 g/mol. The Morgan fingerprint density at radius 3 is 2.43 bits per heavy atom. The second-order valence-electron chi connectivity index (χ2n) is 4.22. The summed E-state index contributed by atoms with van der Waals surface area (Å²) < 4.78 is 50.1. The SMILES string of the molecule is CNc1ccc(S(C)(=O)=O)cc1S(=O)(=O)Nc1ncc[nH]1. The summed E-state index contributed by atoms with van der Waals surface area (Å²) in [6, 6.07) is 3.84. The predicted molar refractivity (Wildman–Crippen MR) is 78.5 cm³/mol. The number of aromatic amines is 1. The summed E-state index contributed by atoms with van der Waals surface area (Å²) in [7, 11) is -5.95. The number of imidazole rings is 1. The summed E-state index contributed by atoms with van der Waals surface area (Å²) in [5, 5.41) is 2.72. The number of sulfone groups is 1. The highest BCUT2D eigenvalue weighted by molar-refractivity contribution is 7.93. The van der Waals surface area contributed by atoms with Gasteiger partial charge >= 0.3 is 0 Å². The Morgan fingerprint density at radius 1 is 1.19 bits per heavy atom. The maximum absolute atomic E-state index is 12.4. The number of sulfonamides is 1. The Balaban J connectivity index is 2.55. The first-order chi connectivity index (χ1) is 9.74. The molecule has 0 spiro atoms. The van der Waals surface area contributed by atoms with Crippen LogP contribution in [0.2, 0.25) is 0 Å². The molecule has 1 aromatic carbocycles. The van der Waals surface area contributed by atoms with E-state index in [4.69, 9.17) is 0 Å². The highest BCUT2D eigenvalue weighted by atomic mass is 32.2. The number of anilines is 2. The quantitative estimate of drug-likeness (QED) is 0.740. The number of hydrogen-bond donors (Lipinski definition) is 3. The summed E-state index contributed by atoms with van der Waals surface area (Å²) in [5.41, 5.74) is 0.279. The van der Waals surface area contributed by atoms with Gasteiger partial charge in [-0.05, 0) is 18.2 Å². The van der Waals surface area contributed by atoms with Crippen LogP contribution in [0.4, 0.5) is 11.6 Å². The van der Waals surface area contributed by atoms with Gasteiger partial charge in [0.1, 0.15) is 4.90 Å². The largest absolute Gasteiger partial charge is 0.387 e. The lowest BCUT2D eigenvalue weighted by Crippen LogP contribution is -2.16. The molecule has 0 aliphatic heterocycles. The van der Waals surface area contributed by atoms with Crippen molar-refractivity contribution in [1.82, 2.24) is 9.97 Å². The number of benzene rings is 1. The Morgan fingerprint density at radius 2 is 1.90 bits per heavy atom. The fraction of sp³-hybridized carbons (Fsp3) is 0.182. The minimum Gasteiger partial charge on any atom is -0.387 e. The zero-order chi connectivity index (χ0) is 15.7. The summed E-state index contributed by atoms with van der Waals surface area (Å²) in [5.74, 6) is 0.0433. The van der Waals surface area contributed by atoms with Crippen LogP contribution >= 0.6 is 0 Å². The van der Waals surface area contributed by atoms with E-state index in [0.717, 1.165) is 12.3 Å². The Labute approximate surface area is 122 Å². The van der Waals surface area contributed by atoms with E-state index >= 15 is 0 Å². The fourth-order valence-electron chi connectivity index (χ4n) is 1.67. The van der Waals surface area contributed by atoms with Crippen molar-refractivity contribution in [3.63, 3.8) is 0 Å². The van der Waals surface area contributed by atoms with Crippen molar-refractivity contribution in [3.8, 4) is 0 Å². The lowest BCUT2D eigenvalue weighted by molar-refractivity contribution is 0.600. The number of nitrogens with one attached hydrogen (secondary N) is 3. The number of nitrogens with zero attached hydrogens (tertiary/aromatic N) is 1. The van der Waals surface area contributed by atoms with Crippen molar-refractivity contribution in [2.75, 3.05) is 23.3 Å². The molecule has 3 N–H and O–H groups in total. The smallest absolute Gasteiger partial charge is 0.266 e. The van der Waals surface area contributed by atoms with Crippen LogP contribution in [-0.4, -0.2) is 40.1 Å². The molecule has 1 aromatic heterocycles. The van der Waals surface area contributed by atoms with Crippen molar-refractivity contribution in [1.29, 1.82) is 0 Å². The van der Waals surface area contributed by atoms with E-state index in [1.165, 1.54) is 24.5 Å². The standard InChI is InChI=1S/C11H14N4O4S2/c1-12-9-4-3-8(20(2,16)17)7-10(9)21(18,19)15-11-13-5-6-14-11/h3-7,12H,1-2H3,(H2,13,14,15). The predicted octanol–water partition coefficient (Wildman–Crippen LogP) is 0.656. The number of H-pyrrole nitrogens is 1. The summed E-state index contributed by atoms with van der Waals surface area (Å²) in [6.07, 6.45) is 3.87. The molecule has 2 rings (SSSR count). The van der Waals surface area contributed by atoms with Gasteiger partial charge in [0, 0.05) is 25.7 Å². The van der Waals surface area contributed by atoms with Gasteiger partial charge in [-0.3, -0.25) is 0 Å². The van der Waals surface area contributed by atoms with Crippen molar-refractivity contribution in [2.45, 2.75) is 9.79 Å². The van der Waals surface area contributed by atoms with Gasteiger partial charge < -0.3 is 10.3 Å². The van der Waals surface area contributed by atoms with E-state index < -0.39 is 19.9 Å². The number of hydrogen-bond acceptors (Lipinski definition) is 6.